The van der Waals surface area contributed by atoms with Crippen LogP contribution in [0, 0.1) is 11.3 Å². The molecule has 2 atom stereocenters. The molecule has 0 aromatic heterocycles. The molecule has 1 fully saturated rings. The first-order valence-corrected chi connectivity index (χ1v) is 7.79. The Bertz CT molecular complexity index is 352. The van der Waals surface area contributed by atoms with E-state index in [1.807, 2.05) is 25.7 Å². The van der Waals surface area contributed by atoms with Gasteiger partial charge in [0.15, 0.2) is 0 Å². The third kappa shape index (κ3) is 2.86. The van der Waals surface area contributed by atoms with Gasteiger partial charge in [0, 0.05) is 31.0 Å². The highest BCUT2D eigenvalue weighted by Gasteiger charge is 2.63. The molecule has 4 nitrogen and oxygen atoms in total. The van der Waals surface area contributed by atoms with Crippen molar-refractivity contribution in [3.05, 3.63) is 0 Å². The zero-order valence-corrected chi connectivity index (χ0v) is 14.2. The lowest BCUT2D eigenvalue weighted by Gasteiger charge is -2.59. The summed E-state index contributed by atoms with van der Waals surface area (Å²) in [5.74, 6) is 0.512. The molecule has 2 unspecified atom stereocenters. The van der Waals surface area contributed by atoms with Gasteiger partial charge in [-0.3, -0.25) is 4.79 Å². The van der Waals surface area contributed by atoms with Gasteiger partial charge in [-0.25, -0.2) is 0 Å². The van der Waals surface area contributed by atoms with Crippen LogP contribution in [0.3, 0.4) is 0 Å². The van der Waals surface area contributed by atoms with Crippen molar-refractivity contribution in [2.45, 2.75) is 72.6 Å². The summed E-state index contributed by atoms with van der Waals surface area (Å²) in [7, 11) is 0. The minimum atomic E-state index is -0.800. The lowest BCUT2D eigenvalue weighted by atomic mass is 9.54. The number of amides is 1. The fourth-order valence-electron chi connectivity index (χ4n) is 2.98. The van der Waals surface area contributed by atoms with Crippen LogP contribution in [0.4, 0.5) is 0 Å². The number of carbonyl (C=O) groups is 1. The second kappa shape index (κ2) is 6.02. The Kier molecular flexibility index (Phi) is 5.25. The summed E-state index contributed by atoms with van der Waals surface area (Å²) in [6.07, 6.45) is 0.697. The number of ether oxygens (including phenoxy) is 1. The lowest BCUT2D eigenvalue weighted by molar-refractivity contribution is -0.181. The van der Waals surface area contributed by atoms with E-state index in [1.165, 1.54) is 0 Å². The first kappa shape index (κ1) is 17.4. The van der Waals surface area contributed by atoms with Gasteiger partial charge in [-0.15, -0.1) is 0 Å². The molecule has 1 aliphatic rings. The van der Waals surface area contributed by atoms with E-state index in [0.717, 1.165) is 6.54 Å². The largest absolute Gasteiger partial charge is 0.378 e. The molecule has 20 heavy (non-hydrogen) atoms. The van der Waals surface area contributed by atoms with Gasteiger partial charge in [0.25, 0.3) is 0 Å². The van der Waals surface area contributed by atoms with E-state index in [9.17, 15) is 4.79 Å². The van der Waals surface area contributed by atoms with Gasteiger partial charge in [0.1, 0.15) is 5.54 Å². The zero-order valence-electron chi connectivity index (χ0n) is 14.2. The number of nitrogens with zero attached hydrogens (tertiary/aromatic N) is 1. The maximum atomic E-state index is 12.9. The first-order chi connectivity index (χ1) is 9.07. The van der Waals surface area contributed by atoms with Crippen molar-refractivity contribution in [3.63, 3.8) is 0 Å². The molecule has 0 aliphatic heterocycles. The summed E-state index contributed by atoms with van der Waals surface area (Å²) in [6, 6.07) is 0.173. The zero-order chi connectivity index (χ0) is 15.7. The van der Waals surface area contributed by atoms with Gasteiger partial charge in [0.2, 0.25) is 5.91 Å². The number of hydrogen-bond donors (Lipinski definition) is 1. The molecule has 1 amide bonds. The summed E-state index contributed by atoms with van der Waals surface area (Å²) in [6.45, 7) is 15.8. The van der Waals surface area contributed by atoms with Crippen LogP contribution < -0.4 is 5.73 Å². The highest BCUT2D eigenvalue weighted by atomic mass is 16.5. The van der Waals surface area contributed by atoms with E-state index in [-0.39, 0.29) is 23.5 Å². The first-order valence-electron chi connectivity index (χ1n) is 7.79. The molecule has 0 spiro atoms. The van der Waals surface area contributed by atoms with Crippen LogP contribution in [0.15, 0.2) is 0 Å². The number of hydrogen-bond acceptors (Lipinski definition) is 3. The Morgan fingerprint density at radius 3 is 2.25 bits per heavy atom. The maximum Gasteiger partial charge on any atom is 0.243 e. The number of carbonyl (C=O) groups excluding carboxylic acids is 1. The maximum absolute atomic E-state index is 12.9. The van der Waals surface area contributed by atoms with Crippen molar-refractivity contribution in [1.29, 1.82) is 0 Å². The second-order valence-corrected chi connectivity index (χ2v) is 7.29. The molecule has 1 rings (SSSR count). The molecule has 0 heterocycles. The van der Waals surface area contributed by atoms with E-state index >= 15 is 0 Å². The molecular formula is C16H32N2O2. The molecule has 0 radical (unpaired) electrons. The molecule has 1 aliphatic carbocycles. The smallest absolute Gasteiger partial charge is 0.243 e. The Labute approximate surface area is 124 Å². The van der Waals surface area contributed by atoms with Gasteiger partial charge in [-0.2, -0.15) is 0 Å². The van der Waals surface area contributed by atoms with Crippen LogP contribution in [0.2, 0.25) is 0 Å². The Hall–Kier alpha value is -0.610. The minimum Gasteiger partial charge on any atom is -0.378 e. The van der Waals surface area contributed by atoms with Crippen molar-refractivity contribution in [2.75, 3.05) is 13.2 Å². The molecule has 0 bridgehead atoms. The Morgan fingerprint density at radius 1 is 1.35 bits per heavy atom. The molecule has 2 N–H and O–H groups in total. The SMILES string of the molecule is CCOC1CC(N)(C(=O)N(CC(C)C)C(C)C)C1(C)C. The third-order valence-corrected chi connectivity index (χ3v) is 4.66. The summed E-state index contributed by atoms with van der Waals surface area (Å²) >= 11 is 0. The van der Waals surface area contributed by atoms with Gasteiger partial charge in [-0.05, 0) is 26.7 Å². The van der Waals surface area contributed by atoms with Crippen LogP contribution in [-0.2, 0) is 9.53 Å². The van der Waals surface area contributed by atoms with Gasteiger partial charge in [-0.1, -0.05) is 27.7 Å². The highest BCUT2D eigenvalue weighted by molar-refractivity contribution is 5.89. The van der Waals surface area contributed by atoms with Crippen molar-refractivity contribution in [1.82, 2.24) is 4.90 Å². The standard InChI is InChI=1S/C16H32N2O2/c1-8-20-13-9-16(17,15(13,6)7)14(19)18(12(4)5)10-11(2)3/h11-13H,8-10,17H2,1-7H3. The van der Waals surface area contributed by atoms with E-state index in [2.05, 4.69) is 27.7 Å². The number of nitrogens with two attached hydrogens (primary N) is 1. The number of rotatable bonds is 6. The van der Waals surface area contributed by atoms with Crippen LogP contribution in [-0.4, -0.2) is 41.6 Å². The summed E-state index contributed by atoms with van der Waals surface area (Å²) < 4.78 is 5.71. The van der Waals surface area contributed by atoms with Gasteiger partial charge >= 0.3 is 0 Å². The fourth-order valence-corrected chi connectivity index (χ4v) is 2.98. The highest BCUT2D eigenvalue weighted by Crippen LogP contribution is 2.50. The Balaban J connectivity index is 2.90. The Morgan fingerprint density at radius 2 is 1.90 bits per heavy atom. The fraction of sp³-hybridized carbons (Fsp3) is 0.938. The van der Waals surface area contributed by atoms with E-state index in [0.29, 0.717) is 18.9 Å². The quantitative estimate of drug-likeness (QED) is 0.815. The van der Waals surface area contributed by atoms with Crippen LogP contribution in [0.25, 0.3) is 0 Å². The van der Waals surface area contributed by atoms with E-state index in [1.54, 1.807) is 0 Å². The van der Waals surface area contributed by atoms with Gasteiger partial charge < -0.3 is 15.4 Å². The minimum absolute atomic E-state index is 0.0714. The molecule has 0 saturated heterocycles. The predicted octanol–water partition coefficient (Wildman–Crippen LogP) is 2.41. The molecule has 1 saturated carbocycles. The lowest BCUT2D eigenvalue weighted by Crippen LogP contribution is -2.76. The van der Waals surface area contributed by atoms with E-state index in [4.69, 9.17) is 10.5 Å². The topological polar surface area (TPSA) is 55.6 Å². The monoisotopic (exact) mass is 284 g/mol. The normalized spacial score (nSPS) is 28.6. The van der Waals surface area contributed by atoms with Gasteiger partial charge in [0.05, 0.1) is 6.10 Å². The summed E-state index contributed by atoms with van der Waals surface area (Å²) in [4.78, 5) is 14.9. The average molecular weight is 284 g/mol. The van der Waals surface area contributed by atoms with Crippen molar-refractivity contribution in [2.24, 2.45) is 17.1 Å². The molecule has 4 heteroatoms. The summed E-state index contributed by atoms with van der Waals surface area (Å²) in [5.41, 5.74) is 5.37. The predicted molar refractivity (Wildman–Crippen MR) is 82.4 cm³/mol. The van der Waals surface area contributed by atoms with Crippen molar-refractivity contribution >= 4 is 5.91 Å². The van der Waals surface area contributed by atoms with Crippen LogP contribution in [0.1, 0.15) is 54.9 Å². The molecule has 0 aromatic rings. The van der Waals surface area contributed by atoms with Crippen LogP contribution >= 0.6 is 0 Å². The van der Waals surface area contributed by atoms with Crippen molar-refractivity contribution < 1.29 is 9.53 Å². The molecule has 0 aromatic carbocycles. The third-order valence-electron chi connectivity index (χ3n) is 4.66. The average Bonchev–Trinajstić information content (AvgIpc) is 2.34. The molecule has 118 valence electrons. The second-order valence-electron chi connectivity index (χ2n) is 7.29. The van der Waals surface area contributed by atoms with Crippen molar-refractivity contribution in [3.8, 4) is 0 Å². The summed E-state index contributed by atoms with van der Waals surface area (Å²) in [5, 5.41) is 0. The van der Waals surface area contributed by atoms with E-state index < -0.39 is 5.54 Å². The van der Waals surface area contributed by atoms with Crippen LogP contribution in [0.5, 0.6) is 0 Å². The molecular weight excluding hydrogens is 252 g/mol.